The highest BCUT2D eigenvalue weighted by atomic mass is 32.2. The van der Waals surface area contributed by atoms with E-state index in [4.69, 9.17) is 4.74 Å². The monoisotopic (exact) mass is 406 g/mol. The van der Waals surface area contributed by atoms with Crippen LogP contribution in [-0.4, -0.2) is 37.6 Å². The number of nitrogens with one attached hydrogen (secondary N) is 1. The summed E-state index contributed by atoms with van der Waals surface area (Å²) >= 11 is 0. The quantitative estimate of drug-likeness (QED) is 0.443. The SMILES string of the molecule is Cc1ccc(S(C)(=O)=O)cc1C(=O)O[C@H](C)C(=O)Nc1ccccc1[N+](=O)[O-]. The number of anilines is 1. The number of ether oxygens (including phenoxy) is 1. The summed E-state index contributed by atoms with van der Waals surface area (Å²) in [7, 11) is -3.52. The Morgan fingerprint density at radius 3 is 2.43 bits per heavy atom. The lowest BCUT2D eigenvalue weighted by molar-refractivity contribution is -0.383. The van der Waals surface area contributed by atoms with Crippen LogP contribution in [0.4, 0.5) is 11.4 Å². The Kier molecular flexibility index (Phi) is 6.14. The van der Waals surface area contributed by atoms with E-state index in [0.717, 1.165) is 6.26 Å². The molecule has 0 unspecified atom stereocenters. The molecule has 10 heteroatoms. The van der Waals surface area contributed by atoms with Crippen LogP contribution in [0.1, 0.15) is 22.8 Å². The molecule has 2 aromatic rings. The third-order valence-electron chi connectivity index (χ3n) is 3.87. The topological polar surface area (TPSA) is 133 Å². The summed E-state index contributed by atoms with van der Waals surface area (Å²) in [5.41, 5.74) is 0.152. The van der Waals surface area contributed by atoms with Gasteiger partial charge >= 0.3 is 5.97 Å². The highest BCUT2D eigenvalue weighted by Gasteiger charge is 2.23. The van der Waals surface area contributed by atoms with Crippen molar-refractivity contribution in [3.8, 4) is 0 Å². The molecule has 0 heterocycles. The summed E-state index contributed by atoms with van der Waals surface area (Å²) in [6.45, 7) is 2.90. The van der Waals surface area contributed by atoms with Gasteiger partial charge in [0, 0.05) is 12.3 Å². The molecular weight excluding hydrogens is 388 g/mol. The second kappa shape index (κ2) is 8.17. The molecule has 28 heavy (non-hydrogen) atoms. The Morgan fingerprint density at radius 1 is 1.18 bits per heavy atom. The van der Waals surface area contributed by atoms with Gasteiger partial charge < -0.3 is 10.1 Å². The number of hydrogen-bond donors (Lipinski definition) is 1. The molecule has 1 amide bonds. The van der Waals surface area contributed by atoms with Crippen LogP contribution in [0.3, 0.4) is 0 Å². The van der Waals surface area contributed by atoms with Crippen molar-refractivity contribution in [3.63, 3.8) is 0 Å². The molecule has 0 spiro atoms. The largest absolute Gasteiger partial charge is 0.449 e. The van der Waals surface area contributed by atoms with E-state index in [1.165, 1.54) is 49.4 Å². The third-order valence-corrected chi connectivity index (χ3v) is 4.98. The first-order valence-electron chi connectivity index (χ1n) is 8.06. The standard InChI is InChI=1S/C18H18N2O7S/c1-11-8-9-13(28(3,25)26)10-14(11)18(22)27-12(2)17(21)19-15-6-4-5-7-16(15)20(23)24/h4-10,12H,1-3H3,(H,19,21)/t12-/m1/s1. The normalized spacial score (nSPS) is 12.1. The third kappa shape index (κ3) is 4.92. The van der Waals surface area contributed by atoms with Crippen LogP contribution in [0, 0.1) is 17.0 Å². The van der Waals surface area contributed by atoms with Gasteiger partial charge in [0.05, 0.1) is 15.4 Å². The molecule has 1 atom stereocenters. The number of carbonyl (C=O) groups excluding carboxylic acids is 2. The lowest BCUT2D eigenvalue weighted by Crippen LogP contribution is -2.30. The maximum Gasteiger partial charge on any atom is 0.339 e. The first-order chi connectivity index (χ1) is 13.0. The average Bonchev–Trinajstić information content (AvgIpc) is 2.61. The van der Waals surface area contributed by atoms with Crippen LogP contribution in [-0.2, 0) is 19.4 Å². The molecule has 0 fully saturated rings. The predicted molar refractivity (Wildman–Crippen MR) is 101 cm³/mol. The second-order valence-electron chi connectivity index (χ2n) is 6.06. The number of rotatable bonds is 6. The Hall–Kier alpha value is -3.27. The maximum atomic E-state index is 12.4. The number of aryl methyl sites for hydroxylation is 1. The summed E-state index contributed by atoms with van der Waals surface area (Å²) in [4.78, 5) is 34.9. The first kappa shape index (κ1) is 21.0. The molecule has 0 aromatic heterocycles. The fourth-order valence-electron chi connectivity index (χ4n) is 2.30. The van der Waals surface area contributed by atoms with Crippen molar-refractivity contribution in [3.05, 3.63) is 63.7 Å². The van der Waals surface area contributed by atoms with Gasteiger partial charge in [-0.05, 0) is 37.6 Å². The van der Waals surface area contributed by atoms with Crippen molar-refractivity contribution in [2.75, 3.05) is 11.6 Å². The van der Waals surface area contributed by atoms with Gasteiger partial charge in [0.2, 0.25) is 0 Å². The van der Waals surface area contributed by atoms with Crippen molar-refractivity contribution in [2.24, 2.45) is 0 Å². The van der Waals surface area contributed by atoms with E-state index in [9.17, 15) is 28.1 Å². The highest BCUT2D eigenvalue weighted by Crippen LogP contribution is 2.23. The Morgan fingerprint density at radius 2 is 1.82 bits per heavy atom. The molecule has 0 saturated carbocycles. The number of hydrogen-bond acceptors (Lipinski definition) is 7. The summed E-state index contributed by atoms with van der Waals surface area (Å²) in [6.07, 6.45) is -0.260. The number of sulfone groups is 1. The van der Waals surface area contributed by atoms with E-state index >= 15 is 0 Å². The zero-order chi connectivity index (χ0) is 21.1. The van der Waals surface area contributed by atoms with Gasteiger partial charge in [0.25, 0.3) is 11.6 Å². The van der Waals surface area contributed by atoms with Crippen molar-refractivity contribution >= 4 is 33.1 Å². The molecule has 0 aliphatic carbocycles. The number of nitro benzene ring substituents is 1. The number of para-hydroxylation sites is 2. The summed E-state index contributed by atoms with van der Waals surface area (Å²) in [6, 6.07) is 9.56. The predicted octanol–water partition coefficient (Wildman–Crippen LogP) is 2.49. The first-order valence-corrected chi connectivity index (χ1v) is 9.96. The lowest BCUT2D eigenvalue weighted by Gasteiger charge is -2.15. The smallest absolute Gasteiger partial charge is 0.339 e. The molecule has 9 nitrogen and oxygen atoms in total. The minimum Gasteiger partial charge on any atom is -0.449 e. The Labute approximate surface area is 161 Å². The van der Waals surface area contributed by atoms with Gasteiger partial charge in [0.1, 0.15) is 5.69 Å². The van der Waals surface area contributed by atoms with Crippen LogP contribution in [0.25, 0.3) is 0 Å². The number of benzene rings is 2. The molecule has 2 aromatic carbocycles. The van der Waals surface area contributed by atoms with Crippen LogP contribution in [0.2, 0.25) is 0 Å². The van der Waals surface area contributed by atoms with E-state index in [-0.39, 0.29) is 21.8 Å². The van der Waals surface area contributed by atoms with E-state index in [2.05, 4.69) is 5.32 Å². The van der Waals surface area contributed by atoms with Crippen molar-refractivity contribution in [1.82, 2.24) is 0 Å². The molecule has 0 aliphatic rings. The second-order valence-corrected chi connectivity index (χ2v) is 8.08. The van der Waals surface area contributed by atoms with Crippen LogP contribution < -0.4 is 5.32 Å². The Bertz CT molecular complexity index is 1050. The average molecular weight is 406 g/mol. The minimum atomic E-state index is -3.52. The molecule has 0 bridgehead atoms. The number of carbonyl (C=O) groups is 2. The lowest BCUT2D eigenvalue weighted by atomic mass is 10.1. The van der Waals surface area contributed by atoms with E-state index < -0.39 is 32.7 Å². The fourth-order valence-corrected chi connectivity index (χ4v) is 2.95. The van der Waals surface area contributed by atoms with Gasteiger partial charge in [-0.1, -0.05) is 18.2 Å². The molecular formula is C18H18N2O7S. The minimum absolute atomic E-state index is 0.00765. The van der Waals surface area contributed by atoms with Gasteiger partial charge in [-0.25, -0.2) is 13.2 Å². The number of amides is 1. The molecule has 0 radical (unpaired) electrons. The summed E-state index contributed by atoms with van der Waals surface area (Å²) < 4.78 is 28.4. The van der Waals surface area contributed by atoms with Crippen molar-refractivity contribution in [1.29, 1.82) is 0 Å². The van der Waals surface area contributed by atoms with Gasteiger partial charge in [-0.15, -0.1) is 0 Å². The molecule has 2 rings (SSSR count). The van der Waals surface area contributed by atoms with Crippen LogP contribution >= 0.6 is 0 Å². The summed E-state index contributed by atoms with van der Waals surface area (Å²) in [5, 5.41) is 13.4. The van der Waals surface area contributed by atoms with E-state index in [0.29, 0.717) is 5.56 Å². The highest BCUT2D eigenvalue weighted by molar-refractivity contribution is 7.90. The Balaban J connectivity index is 2.17. The fraction of sp³-hybridized carbons (Fsp3) is 0.222. The van der Waals surface area contributed by atoms with Gasteiger partial charge in [-0.3, -0.25) is 14.9 Å². The number of nitro groups is 1. The zero-order valence-corrected chi connectivity index (χ0v) is 16.1. The molecule has 0 saturated heterocycles. The number of esters is 1. The van der Waals surface area contributed by atoms with E-state index in [1.807, 2.05) is 0 Å². The van der Waals surface area contributed by atoms with Gasteiger partial charge in [0.15, 0.2) is 15.9 Å². The zero-order valence-electron chi connectivity index (χ0n) is 15.3. The number of nitrogens with zero attached hydrogens (tertiary/aromatic N) is 1. The van der Waals surface area contributed by atoms with Crippen LogP contribution in [0.5, 0.6) is 0 Å². The van der Waals surface area contributed by atoms with Crippen LogP contribution in [0.15, 0.2) is 47.4 Å². The molecule has 1 N–H and O–H groups in total. The van der Waals surface area contributed by atoms with Crippen molar-refractivity contribution < 1.29 is 27.7 Å². The summed E-state index contributed by atoms with van der Waals surface area (Å²) in [5.74, 6) is -1.65. The van der Waals surface area contributed by atoms with E-state index in [1.54, 1.807) is 6.92 Å². The molecule has 148 valence electrons. The maximum absolute atomic E-state index is 12.4. The van der Waals surface area contributed by atoms with Gasteiger partial charge in [-0.2, -0.15) is 0 Å². The van der Waals surface area contributed by atoms with Crippen molar-refractivity contribution in [2.45, 2.75) is 24.8 Å². The molecule has 0 aliphatic heterocycles.